The molecule has 0 unspecified atom stereocenters. The average molecular weight is 269 g/mol. The normalized spacial score (nSPS) is 16.7. The van der Waals surface area contributed by atoms with Crippen LogP contribution in [0.3, 0.4) is 0 Å². The summed E-state index contributed by atoms with van der Waals surface area (Å²) >= 11 is 5.83. The van der Waals surface area contributed by atoms with Crippen LogP contribution < -0.4 is 10.1 Å². The fourth-order valence-corrected chi connectivity index (χ4v) is 2.51. The Morgan fingerprint density at radius 2 is 2.11 bits per heavy atom. The molecule has 18 heavy (non-hydrogen) atoms. The molecule has 1 aliphatic rings. The van der Waals surface area contributed by atoms with Gasteiger partial charge in [0.15, 0.2) is 0 Å². The highest BCUT2D eigenvalue weighted by Crippen LogP contribution is 2.17. The van der Waals surface area contributed by atoms with Gasteiger partial charge in [0.2, 0.25) is 0 Å². The Morgan fingerprint density at radius 1 is 1.28 bits per heavy atom. The van der Waals surface area contributed by atoms with Crippen molar-refractivity contribution in [1.29, 1.82) is 0 Å². The van der Waals surface area contributed by atoms with Crippen LogP contribution >= 0.6 is 11.6 Å². The van der Waals surface area contributed by atoms with Crippen molar-refractivity contribution in [3.05, 3.63) is 23.5 Å². The molecule has 0 amide bonds. The molecule has 0 bridgehead atoms. The quantitative estimate of drug-likeness (QED) is 0.803. The number of hydrogen-bond donors (Lipinski definition) is 1. The summed E-state index contributed by atoms with van der Waals surface area (Å²) in [5.41, 5.74) is 0. The van der Waals surface area contributed by atoms with Gasteiger partial charge in [-0.25, -0.2) is 0 Å². The highest BCUT2D eigenvalue weighted by atomic mass is 35.5. The first-order valence-corrected chi connectivity index (χ1v) is 7.19. The van der Waals surface area contributed by atoms with Crippen LogP contribution in [0.15, 0.2) is 18.5 Å². The second-order valence-electron chi connectivity index (χ2n) is 4.83. The molecule has 0 saturated heterocycles. The van der Waals surface area contributed by atoms with Crippen molar-refractivity contribution in [3.63, 3.8) is 0 Å². The maximum Gasteiger partial charge on any atom is 0.139 e. The molecule has 1 heterocycles. The van der Waals surface area contributed by atoms with Crippen LogP contribution in [0.25, 0.3) is 0 Å². The lowest BCUT2D eigenvalue weighted by Gasteiger charge is -2.22. The van der Waals surface area contributed by atoms with Crippen molar-refractivity contribution in [3.8, 4) is 5.75 Å². The van der Waals surface area contributed by atoms with Crippen molar-refractivity contribution < 1.29 is 4.74 Å². The lowest BCUT2D eigenvalue weighted by atomic mass is 9.95. The standard InChI is InChI=1S/C14H21ClN2O/c15-12-9-14(11-16-10-12)18-8-4-7-17-13-5-2-1-3-6-13/h9-11,13,17H,1-8H2. The second kappa shape index (κ2) is 7.59. The number of rotatable bonds is 6. The summed E-state index contributed by atoms with van der Waals surface area (Å²) in [6.45, 7) is 1.74. The number of pyridine rings is 1. The molecule has 1 saturated carbocycles. The van der Waals surface area contributed by atoms with E-state index in [4.69, 9.17) is 16.3 Å². The highest BCUT2D eigenvalue weighted by Gasteiger charge is 2.11. The predicted octanol–water partition coefficient (Wildman–Crippen LogP) is 3.43. The summed E-state index contributed by atoms with van der Waals surface area (Å²) in [4.78, 5) is 3.98. The number of ether oxygens (including phenoxy) is 1. The summed E-state index contributed by atoms with van der Waals surface area (Å²) in [6.07, 6.45) is 11.1. The molecule has 1 fully saturated rings. The third-order valence-electron chi connectivity index (χ3n) is 3.31. The van der Waals surface area contributed by atoms with E-state index in [0.717, 1.165) is 24.8 Å². The van der Waals surface area contributed by atoms with E-state index in [-0.39, 0.29) is 0 Å². The molecule has 1 aliphatic carbocycles. The third-order valence-corrected chi connectivity index (χ3v) is 3.51. The number of hydrogen-bond acceptors (Lipinski definition) is 3. The summed E-state index contributed by atoms with van der Waals surface area (Å²) in [5, 5.41) is 4.22. The Morgan fingerprint density at radius 3 is 2.89 bits per heavy atom. The largest absolute Gasteiger partial charge is 0.492 e. The smallest absolute Gasteiger partial charge is 0.139 e. The van der Waals surface area contributed by atoms with Crippen LogP contribution in [0.2, 0.25) is 5.02 Å². The van der Waals surface area contributed by atoms with E-state index in [0.29, 0.717) is 11.6 Å². The third kappa shape index (κ3) is 4.83. The molecular formula is C14H21ClN2O. The SMILES string of the molecule is Clc1cncc(OCCCNC2CCCCC2)c1. The lowest BCUT2D eigenvalue weighted by Crippen LogP contribution is -2.32. The fourth-order valence-electron chi connectivity index (χ4n) is 2.35. The van der Waals surface area contributed by atoms with Crippen molar-refractivity contribution in [2.45, 2.75) is 44.6 Å². The van der Waals surface area contributed by atoms with Gasteiger partial charge in [0.1, 0.15) is 5.75 Å². The van der Waals surface area contributed by atoms with Gasteiger partial charge in [-0.1, -0.05) is 30.9 Å². The first-order valence-electron chi connectivity index (χ1n) is 6.81. The number of halogens is 1. The van der Waals surface area contributed by atoms with Gasteiger partial charge in [0.05, 0.1) is 17.8 Å². The van der Waals surface area contributed by atoms with E-state index < -0.39 is 0 Å². The van der Waals surface area contributed by atoms with Crippen molar-refractivity contribution >= 4 is 11.6 Å². The molecule has 0 atom stereocenters. The number of nitrogens with one attached hydrogen (secondary N) is 1. The molecule has 2 rings (SSSR count). The van der Waals surface area contributed by atoms with E-state index >= 15 is 0 Å². The van der Waals surface area contributed by atoms with Crippen molar-refractivity contribution in [1.82, 2.24) is 10.3 Å². The zero-order chi connectivity index (χ0) is 12.6. The Kier molecular flexibility index (Phi) is 5.75. The van der Waals surface area contributed by atoms with Gasteiger partial charge in [-0.05, 0) is 25.8 Å². The minimum Gasteiger partial charge on any atom is -0.492 e. The number of nitrogens with zero attached hydrogens (tertiary/aromatic N) is 1. The Balaban J connectivity index is 1.55. The van der Waals surface area contributed by atoms with Gasteiger partial charge in [-0.3, -0.25) is 4.98 Å². The van der Waals surface area contributed by atoms with Gasteiger partial charge in [0, 0.05) is 18.3 Å². The highest BCUT2D eigenvalue weighted by molar-refractivity contribution is 6.30. The van der Waals surface area contributed by atoms with Crippen molar-refractivity contribution in [2.24, 2.45) is 0 Å². The van der Waals surface area contributed by atoms with Crippen LogP contribution in [0.1, 0.15) is 38.5 Å². The van der Waals surface area contributed by atoms with Gasteiger partial charge >= 0.3 is 0 Å². The summed E-state index contributed by atoms with van der Waals surface area (Å²) in [6, 6.07) is 2.52. The topological polar surface area (TPSA) is 34.1 Å². The minimum absolute atomic E-state index is 0.618. The fraction of sp³-hybridized carbons (Fsp3) is 0.643. The monoisotopic (exact) mass is 268 g/mol. The summed E-state index contributed by atoms with van der Waals surface area (Å²) in [5.74, 6) is 0.750. The Bertz CT molecular complexity index is 353. The van der Waals surface area contributed by atoms with E-state index in [9.17, 15) is 0 Å². The first-order chi connectivity index (χ1) is 8.84. The maximum absolute atomic E-state index is 5.83. The molecule has 4 heteroatoms. The van der Waals surface area contributed by atoms with Crippen LogP contribution in [0.4, 0.5) is 0 Å². The van der Waals surface area contributed by atoms with Gasteiger partial charge in [0.25, 0.3) is 0 Å². The molecular weight excluding hydrogens is 248 g/mol. The zero-order valence-corrected chi connectivity index (χ0v) is 11.5. The van der Waals surface area contributed by atoms with Gasteiger partial charge < -0.3 is 10.1 Å². The molecule has 3 nitrogen and oxygen atoms in total. The van der Waals surface area contributed by atoms with Crippen LogP contribution in [0.5, 0.6) is 5.75 Å². The van der Waals surface area contributed by atoms with Crippen LogP contribution in [0, 0.1) is 0 Å². The summed E-state index contributed by atoms with van der Waals surface area (Å²) in [7, 11) is 0. The molecule has 0 aromatic carbocycles. The molecule has 1 aromatic rings. The molecule has 0 spiro atoms. The van der Waals surface area contributed by atoms with E-state index in [1.165, 1.54) is 32.1 Å². The maximum atomic E-state index is 5.83. The lowest BCUT2D eigenvalue weighted by molar-refractivity contribution is 0.296. The van der Waals surface area contributed by atoms with Gasteiger partial charge in [-0.15, -0.1) is 0 Å². The van der Waals surface area contributed by atoms with Crippen LogP contribution in [-0.4, -0.2) is 24.2 Å². The average Bonchev–Trinajstić information content (AvgIpc) is 2.40. The molecule has 1 aromatic heterocycles. The van der Waals surface area contributed by atoms with Crippen LogP contribution in [-0.2, 0) is 0 Å². The van der Waals surface area contributed by atoms with Gasteiger partial charge in [-0.2, -0.15) is 0 Å². The van der Waals surface area contributed by atoms with Crippen molar-refractivity contribution in [2.75, 3.05) is 13.2 Å². The minimum atomic E-state index is 0.618. The number of aromatic nitrogens is 1. The molecule has 0 radical (unpaired) electrons. The predicted molar refractivity (Wildman–Crippen MR) is 74.2 cm³/mol. The van der Waals surface area contributed by atoms with E-state index in [1.54, 1.807) is 18.5 Å². The van der Waals surface area contributed by atoms with E-state index in [2.05, 4.69) is 10.3 Å². The molecule has 0 aliphatic heterocycles. The molecule has 100 valence electrons. The zero-order valence-electron chi connectivity index (χ0n) is 10.7. The first kappa shape index (κ1) is 13.6. The Hall–Kier alpha value is -0.800. The molecule has 1 N–H and O–H groups in total. The Labute approximate surface area is 114 Å². The summed E-state index contributed by atoms with van der Waals surface area (Å²) < 4.78 is 5.59. The second-order valence-corrected chi connectivity index (χ2v) is 5.27. The van der Waals surface area contributed by atoms with E-state index in [1.807, 2.05) is 0 Å².